The molecule has 25 heavy (non-hydrogen) atoms. The Morgan fingerprint density at radius 3 is 2.84 bits per heavy atom. The number of amides is 3. The van der Waals surface area contributed by atoms with Crippen LogP contribution in [0.1, 0.15) is 46.9 Å². The van der Waals surface area contributed by atoms with Gasteiger partial charge in [0.2, 0.25) is 0 Å². The molecule has 6 nitrogen and oxygen atoms in total. The van der Waals surface area contributed by atoms with Gasteiger partial charge in [-0.2, -0.15) is 0 Å². The third-order valence-electron chi connectivity index (χ3n) is 4.81. The summed E-state index contributed by atoms with van der Waals surface area (Å²) in [7, 11) is 0. The second-order valence-electron chi connectivity index (χ2n) is 6.52. The summed E-state index contributed by atoms with van der Waals surface area (Å²) in [4.78, 5) is 31.2. The molecule has 4 rings (SSSR count). The van der Waals surface area contributed by atoms with Crippen LogP contribution in [0.3, 0.4) is 0 Å². The lowest BCUT2D eigenvalue weighted by molar-refractivity contribution is 0.0672. The fourth-order valence-electron chi connectivity index (χ4n) is 3.73. The summed E-state index contributed by atoms with van der Waals surface area (Å²) in [5.74, 6) is 0.574. The van der Waals surface area contributed by atoms with Crippen molar-refractivity contribution in [2.24, 2.45) is 0 Å². The largest absolute Gasteiger partial charge is 0.331 e. The molecule has 1 aromatic carbocycles. The molecule has 2 aliphatic heterocycles. The fraction of sp³-hybridized carbons (Fsp3) is 0.316. The number of carbonyl (C=O) groups excluding carboxylic acids is 2. The molecule has 6 heteroatoms. The molecule has 0 aliphatic carbocycles. The van der Waals surface area contributed by atoms with Gasteiger partial charge in [0.15, 0.2) is 0 Å². The maximum atomic E-state index is 12.6. The molecule has 2 aromatic rings. The third-order valence-corrected chi connectivity index (χ3v) is 4.81. The minimum Gasteiger partial charge on any atom is -0.331 e. The van der Waals surface area contributed by atoms with Gasteiger partial charge in [0.05, 0.1) is 6.04 Å². The highest BCUT2D eigenvalue weighted by atomic mass is 16.2. The number of piperidine rings is 1. The number of nitrogens with one attached hydrogen (secondary N) is 2. The quantitative estimate of drug-likeness (QED) is 0.878. The fourth-order valence-corrected chi connectivity index (χ4v) is 3.73. The lowest BCUT2D eigenvalue weighted by Crippen LogP contribution is -2.32. The normalized spacial score (nSPS) is 18.5. The molecule has 0 radical (unpaired) electrons. The van der Waals surface area contributed by atoms with Crippen molar-refractivity contribution < 1.29 is 9.59 Å². The van der Waals surface area contributed by atoms with E-state index >= 15 is 0 Å². The second kappa shape index (κ2) is 6.20. The number of benzene rings is 1. The number of rotatable bonds is 2. The number of hydrogen-bond donors (Lipinski definition) is 2. The van der Waals surface area contributed by atoms with Crippen molar-refractivity contribution in [3.63, 3.8) is 0 Å². The van der Waals surface area contributed by atoms with Gasteiger partial charge in [-0.25, -0.2) is 9.78 Å². The predicted octanol–water partition coefficient (Wildman–Crippen LogP) is 3.71. The van der Waals surface area contributed by atoms with E-state index in [4.69, 9.17) is 0 Å². The number of carbonyl (C=O) groups is 2. The summed E-state index contributed by atoms with van der Waals surface area (Å²) >= 11 is 0. The van der Waals surface area contributed by atoms with Crippen LogP contribution in [0.15, 0.2) is 36.4 Å². The first-order valence-electron chi connectivity index (χ1n) is 8.59. The van der Waals surface area contributed by atoms with Crippen LogP contribution < -0.4 is 10.6 Å². The molecule has 128 valence electrons. The molecule has 1 saturated heterocycles. The van der Waals surface area contributed by atoms with Crippen molar-refractivity contribution in [3.8, 4) is 0 Å². The van der Waals surface area contributed by atoms with Gasteiger partial charge >= 0.3 is 6.03 Å². The number of urea groups is 1. The summed E-state index contributed by atoms with van der Waals surface area (Å²) in [5, 5.41) is 5.64. The zero-order valence-electron chi connectivity index (χ0n) is 14.1. The molecule has 0 saturated carbocycles. The Kier molecular flexibility index (Phi) is 3.87. The van der Waals surface area contributed by atoms with E-state index in [2.05, 4.69) is 15.6 Å². The summed E-state index contributed by atoms with van der Waals surface area (Å²) < 4.78 is 0. The molecule has 1 fully saturated rings. The lowest BCUT2D eigenvalue weighted by atomic mass is 9.96. The molecule has 0 bridgehead atoms. The van der Waals surface area contributed by atoms with Gasteiger partial charge in [-0.3, -0.25) is 10.1 Å². The Balaban J connectivity index is 1.58. The second-order valence-corrected chi connectivity index (χ2v) is 6.52. The number of pyridine rings is 1. The number of aromatic nitrogens is 1. The Hall–Kier alpha value is -2.89. The van der Waals surface area contributed by atoms with E-state index in [-0.39, 0.29) is 18.0 Å². The highest BCUT2D eigenvalue weighted by Gasteiger charge is 2.39. The maximum Gasteiger partial charge on any atom is 0.324 e. The van der Waals surface area contributed by atoms with Gasteiger partial charge in [-0.1, -0.05) is 12.1 Å². The topological polar surface area (TPSA) is 74.3 Å². The van der Waals surface area contributed by atoms with E-state index in [0.717, 1.165) is 37.1 Å². The Labute approximate surface area is 146 Å². The summed E-state index contributed by atoms with van der Waals surface area (Å²) in [6.45, 7) is 2.66. The number of aryl methyl sites for hydroxylation is 1. The first kappa shape index (κ1) is 15.6. The average Bonchev–Trinajstić information content (AvgIpc) is 2.89. The molecule has 2 N–H and O–H groups in total. The average molecular weight is 336 g/mol. The van der Waals surface area contributed by atoms with Gasteiger partial charge in [-0.05, 0) is 50.5 Å². The molecule has 3 amide bonds. The standard InChI is InChI=1S/C19H20N4O2/c1-12-6-4-10-16(20-12)22-19(25)21-14-8-5-7-13-17(14)15-9-2-3-11-23(15)18(13)24/h4-8,10,15H,2-3,9,11H2,1H3,(H2,20,21,22,25). The van der Waals surface area contributed by atoms with Crippen LogP contribution in [0.2, 0.25) is 0 Å². The van der Waals surface area contributed by atoms with E-state index < -0.39 is 0 Å². The summed E-state index contributed by atoms with van der Waals surface area (Å²) in [6.07, 6.45) is 3.08. The number of fused-ring (bicyclic) bond motifs is 3. The van der Waals surface area contributed by atoms with Crippen LogP contribution in [0.25, 0.3) is 0 Å². The number of hydrogen-bond acceptors (Lipinski definition) is 3. The van der Waals surface area contributed by atoms with Crippen molar-refractivity contribution >= 4 is 23.4 Å². The van der Waals surface area contributed by atoms with Crippen LogP contribution in [0.5, 0.6) is 0 Å². The molecule has 1 unspecified atom stereocenters. The van der Waals surface area contributed by atoms with Gasteiger partial charge in [0.1, 0.15) is 5.82 Å². The molecule has 0 spiro atoms. The van der Waals surface area contributed by atoms with Crippen molar-refractivity contribution in [1.29, 1.82) is 0 Å². The Morgan fingerprint density at radius 2 is 2.00 bits per heavy atom. The summed E-state index contributed by atoms with van der Waals surface area (Å²) in [6, 6.07) is 10.7. The van der Waals surface area contributed by atoms with Crippen molar-refractivity contribution in [1.82, 2.24) is 9.88 Å². The zero-order chi connectivity index (χ0) is 17.4. The minimum absolute atomic E-state index is 0.0732. The molecule has 2 aliphatic rings. The van der Waals surface area contributed by atoms with Crippen LogP contribution in [0.4, 0.5) is 16.3 Å². The lowest BCUT2D eigenvalue weighted by Gasteiger charge is -2.30. The molecule has 3 heterocycles. The molecular formula is C19H20N4O2. The Bertz CT molecular complexity index is 849. The van der Waals surface area contributed by atoms with E-state index in [0.29, 0.717) is 17.1 Å². The number of anilines is 2. The van der Waals surface area contributed by atoms with E-state index in [9.17, 15) is 9.59 Å². The van der Waals surface area contributed by atoms with Gasteiger partial charge in [0.25, 0.3) is 5.91 Å². The highest BCUT2D eigenvalue weighted by molar-refractivity contribution is 6.04. The first-order chi connectivity index (χ1) is 12.1. The van der Waals surface area contributed by atoms with Gasteiger partial charge in [-0.15, -0.1) is 0 Å². The van der Waals surface area contributed by atoms with Crippen molar-refractivity contribution in [2.45, 2.75) is 32.2 Å². The van der Waals surface area contributed by atoms with Gasteiger partial charge in [0, 0.05) is 29.1 Å². The SMILES string of the molecule is Cc1cccc(NC(=O)Nc2cccc3c2C2CCCCN2C3=O)n1. The third kappa shape index (κ3) is 2.84. The van der Waals surface area contributed by atoms with Crippen LogP contribution in [-0.4, -0.2) is 28.4 Å². The Morgan fingerprint density at radius 1 is 1.16 bits per heavy atom. The van der Waals surface area contributed by atoms with Crippen LogP contribution in [0, 0.1) is 6.92 Å². The van der Waals surface area contributed by atoms with Crippen LogP contribution >= 0.6 is 0 Å². The number of nitrogens with zero attached hydrogens (tertiary/aromatic N) is 2. The molecule has 1 aromatic heterocycles. The van der Waals surface area contributed by atoms with E-state index in [1.807, 2.05) is 42.2 Å². The minimum atomic E-state index is -0.354. The first-order valence-corrected chi connectivity index (χ1v) is 8.59. The van der Waals surface area contributed by atoms with Crippen molar-refractivity contribution in [3.05, 3.63) is 53.2 Å². The van der Waals surface area contributed by atoms with E-state index in [1.54, 1.807) is 6.07 Å². The summed E-state index contributed by atoms with van der Waals surface area (Å²) in [5.41, 5.74) is 3.19. The maximum absolute atomic E-state index is 12.6. The predicted molar refractivity (Wildman–Crippen MR) is 95.7 cm³/mol. The van der Waals surface area contributed by atoms with Crippen molar-refractivity contribution in [2.75, 3.05) is 17.2 Å². The molecule has 1 atom stereocenters. The zero-order valence-corrected chi connectivity index (χ0v) is 14.1. The smallest absolute Gasteiger partial charge is 0.324 e. The van der Waals surface area contributed by atoms with Gasteiger partial charge < -0.3 is 10.2 Å². The highest BCUT2D eigenvalue weighted by Crippen LogP contribution is 2.43. The van der Waals surface area contributed by atoms with E-state index in [1.165, 1.54) is 0 Å². The molecular weight excluding hydrogens is 316 g/mol. The monoisotopic (exact) mass is 336 g/mol. The van der Waals surface area contributed by atoms with Crippen LogP contribution in [-0.2, 0) is 0 Å².